The Labute approximate surface area is 156 Å². The predicted molar refractivity (Wildman–Crippen MR) is 103 cm³/mol. The molecular formula is C20H30N4O2. The molecule has 6 heteroatoms. The van der Waals surface area contributed by atoms with Crippen molar-refractivity contribution in [3.8, 4) is 0 Å². The zero-order valence-electron chi connectivity index (χ0n) is 16.3. The molecule has 1 aromatic rings. The molecule has 1 saturated heterocycles. The standard InChI is InChI=1S/C20H30N4O2/c1-15(21(2)3)16-9-11-23(12-10-16)19(25)14-24-18-8-6-5-7-17(18)13-22(4)20(24)26/h5-8,15-16H,9-14H2,1-4H3/t15-/m0/s1. The monoisotopic (exact) mass is 358 g/mol. The average Bonchev–Trinajstić information content (AvgIpc) is 2.64. The summed E-state index contributed by atoms with van der Waals surface area (Å²) in [6, 6.07) is 8.26. The van der Waals surface area contributed by atoms with Crippen LogP contribution in [0.5, 0.6) is 0 Å². The number of hydrogen-bond donors (Lipinski definition) is 0. The Bertz CT molecular complexity index is 668. The molecule has 0 N–H and O–H groups in total. The first-order valence-corrected chi connectivity index (χ1v) is 9.43. The summed E-state index contributed by atoms with van der Waals surface area (Å²) in [5.41, 5.74) is 1.95. The van der Waals surface area contributed by atoms with Gasteiger partial charge in [-0.05, 0) is 51.4 Å². The van der Waals surface area contributed by atoms with Crippen molar-refractivity contribution in [1.29, 1.82) is 0 Å². The molecule has 2 heterocycles. The van der Waals surface area contributed by atoms with Crippen molar-refractivity contribution in [1.82, 2.24) is 14.7 Å². The maximum absolute atomic E-state index is 12.8. The van der Waals surface area contributed by atoms with Crippen LogP contribution in [-0.4, -0.2) is 73.5 Å². The highest BCUT2D eigenvalue weighted by Gasteiger charge is 2.32. The SMILES string of the molecule is C[C@@H](C1CCN(C(=O)CN2C(=O)N(C)Cc3ccccc32)CC1)N(C)C. The summed E-state index contributed by atoms with van der Waals surface area (Å²) in [6.45, 7) is 4.52. The van der Waals surface area contributed by atoms with Crippen molar-refractivity contribution in [2.75, 3.05) is 45.7 Å². The van der Waals surface area contributed by atoms with Gasteiger partial charge in [-0.25, -0.2) is 4.79 Å². The van der Waals surface area contributed by atoms with Gasteiger partial charge in [0.1, 0.15) is 6.54 Å². The number of anilines is 1. The van der Waals surface area contributed by atoms with E-state index < -0.39 is 0 Å². The Kier molecular flexibility index (Phi) is 5.51. The first-order chi connectivity index (χ1) is 12.4. The number of likely N-dealkylation sites (tertiary alicyclic amines) is 1. The van der Waals surface area contributed by atoms with Crippen LogP contribution in [0.3, 0.4) is 0 Å². The van der Waals surface area contributed by atoms with Crippen LogP contribution in [0.15, 0.2) is 24.3 Å². The molecule has 26 heavy (non-hydrogen) atoms. The summed E-state index contributed by atoms with van der Waals surface area (Å²) in [5.74, 6) is 0.664. The van der Waals surface area contributed by atoms with E-state index in [-0.39, 0.29) is 18.5 Å². The molecule has 0 bridgehead atoms. The molecule has 0 unspecified atom stereocenters. The number of hydrogen-bond acceptors (Lipinski definition) is 3. The Hall–Kier alpha value is -2.08. The molecule has 1 atom stereocenters. The quantitative estimate of drug-likeness (QED) is 0.829. The number of carbonyl (C=O) groups excluding carboxylic acids is 2. The fraction of sp³-hybridized carbons (Fsp3) is 0.600. The van der Waals surface area contributed by atoms with E-state index >= 15 is 0 Å². The van der Waals surface area contributed by atoms with Gasteiger partial charge in [0.05, 0.1) is 5.69 Å². The fourth-order valence-corrected chi connectivity index (χ4v) is 3.98. The number of nitrogens with zero attached hydrogens (tertiary/aromatic N) is 4. The molecule has 0 aromatic heterocycles. The Morgan fingerprint density at radius 1 is 1.23 bits per heavy atom. The summed E-state index contributed by atoms with van der Waals surface area (Å²) >= 11 is 0. The van der Waals surface area contributed by atoms with E-state index in [1.807, 2.05) is 29.2 Å². The second-order valence-electron chi connectivity index (χ2n) is 7.78. The number of rotatable bonds is 4. The predicted octanol–water partition coefficient (Wildman–Crippen LogP) is 2.25. The minimum absolute atomic E-state index is 0.0411. The number of amides is 3. The van der Waals surface area contributed by atoms with Crippen LogP contribution in [0, 0.1) is 5.92 Å². The van der Waals surface area contributed by atoms with Crippen LogP contribution in [0.1, 0.15) is 25.3 Å². The highest BCUT2D eigenvalue weighted by molar-refractivity contribution is 5.99. The summed E-state index contributed by atoms with van der Waals surface area (Å²) in [7, 11) is 6.00. The van der Waals surface area contributed by atoms with Crippen LogP contribution in [0.25, 0.3) is 0 Å². The maximum atomic E-state index is 12.8. The van der Waals surface area contributed by atoms with Crippen molar-refractivity contribution in [2.45, 2.75) is 32.4 Å². The largest absolute Gasteiger partial charge is 0.341 e. The van der Waals surface area contributed by atoms with Gasteiger partial charge in [-0.2, -0.15) is 0 Å². The smallest absolute Gasteiger partial charge is 0.325 e. The fourth-order valence-electron chi connectivity index (χ4n) is 3.98. The van der Waals surface area contributed by atoms with E-state index in [1.54, 1.807) is 16.8 Å². The van der Waals surface area contributed by atoms with Crippen molar-refractivity contribution in [3.05, 3.63) is 29.8 Å². The van der Waals surface area contributed by atoms with Crippen LogP contribution >= 0.6 is 0 Å². The second kappa shape index (κ2) is 7.66. The van der Waals surface area contributed by atoms with Crippen molar-refractivity contribution in [2.24, 2.45) is 5.92 Å². The van der Waals surface area contributed by atoms with Gasteiger partial charge in [0.25, 0.3) is 0 Å². The van der Waals surface area contributed by atoms with Crippen LogP contribution < -0.4 is 4.90 Å². The third-order valence-corrected chi connectivity index (χ3v) is 5.93. The van der Waals surface area contributed by atoms with E-state index in [0.717, 1.165) is 37.2 Å². The minimum atomic E-state index is -0.104. The van der Waals surface area contributed by atoms with E-state index in [0.29, 0.717) is 18.5 Å². The molecule has 0 saturated carbocycles. The maximum Gasteiger partial charge on any atom is 0.325 e. The second-order valence-corrected chi connectivity index (χ2v) is 7.78. The first-order valence-electron chi connectivity index (χ1n) is 9.43. The summed E-state index contributed by atoms with van der Waals surface area (Å²) < 4.78 is 0. The third-order valence-electron chi connectivity index (χ3n) is 5.93. The lowest BCUT2D eigenvalue weighted by Crippen LogP contribution is -2.51. The van der Waals surface area contributed by atoms with Crippen LogP contribution in [-0.2, 0) is 11.3 Å². The minimum Gasteiger partial charge on any atom is -0.341 e. The zero-order chi connectivity index (χ0) is 18.8. The number of carbonyl (C=O) groups is 2. The lowest BCUT2D eigenvalue weighted by molar-refractivity contribution is -0.131. The molecule has 3 amide bonds. The van der Waals surface area contributed by atoms with Crippen LogP contribution in [0.4, 0.5) is 10.5 Å². The highest BCUT2D eigenvalue weighted by Crippen LogP contribution is 2.28. The molecule has 0 radical (unpaired) electrons. The van der Waals surface area contributed by atoms with E-state index in [9.17, 15) is 9.59 Å². The van der Waals surface area contributed by atoms with Gasteiger partial charge in [-0.15, -0.1) is 0 Å². The molecule has 142 valence electrons. The van der Waals surface area contributed by atoms with Crippen molar-refractivity contribution < 1.29 is 9.59 Å². The Morgan fingerprint density at radius 2 is 1.88 bits per heavy atom. The van der Waals surface area contributed by atoms with E-state index in [1.165, 1.54) is 0 Å². The van der Waals surface area contributed by atoms with Crippen molar-refractivity contribution in [3.63, 3.8) is 0 Å². The van der Waals surface area contributed by atoms with Gasteiger partial charge < -0.3 is 14.7 Å². The molecule has 0 aliphatic carbocycles. The topological polar surface area (TPSA) is 47.1 Å². The molecular weight excluding hydrogens is 328 g/mol. The lowest BCUT2D eigenvalue weighted by atomic mass is 9.89. The molecule has 1 aromatic carbocycles. The summed E-state index contributed by atoms with van der Waals surface area (Å²) in [6.07, 6.45) is 2.05. The summed E-state index contributed by atoms with van der Waals surface area (Å²) in [5, 5.41) is 0. The summed E-state index contributed by atoms with van der Waals surface area (Å²) in [4.78, 5) is 32.9. The molecule has 2 aliphatic rings. The molecule has 2 aliphatic heterocycles. The number of fused-ring (bicyclic) bond motifs is 1. The van der Waals surface area contributed by atoms with Gasteiger partial charge in [0.15, 0.2) is 0 Å². The van der Waals surface area contributed by atoms with Gasteiger partial charge in [0, 0.05) is 32.7 Å². The zero-order valence-corrected chi connectivity index (χ0v) is 16.3. The highest BCUT2D eigenvalue weighted by atomic mass is 16.2. The third kappa shape index (κ3) is 3.70. The average molecular weight is 358 g/mol. The normalized spacial score (nSPS) is 19.7. The number of para-hydroxylation sites is 1. The van der Waals surface area contributed by atoms with E-state index in [2.05, 4.69) is 25.9 Å². The Balaban J connectivity index is 1.64. The van der Waals surface area contributed by atoms with Gasteiger partial charge >= 0.3 is 6.03 Å². The van der Waals surface area contributed by atoms with Gasteiger partial charge in [0.2, 0.25) is 5.91 Å². The van der Waals surface area contributed by atoms with Crippen molar-refractivity contribution >= 4 is 17.6 Å². The number of benzene rings is 1. The molecule has 6 nitrogen and oxygen atoms in total. The van der Waals surface area contributed by atoms with E-state index in [4.69, 9.17) is 0 Å². The first kappa shape index (κ1) is 18.7. The molecule has 0 spiro atoms. The van der Waals surface area contributed by atoms with Gasteiger partial charge in [-0.1, -0.05) is 18.2 Å². The number of urea groups is 1. The number of piperidine rings is 1. The molecule has 1 fully saturated rings. The van der Waals surface area contributed by atoms with Gasteiger partial charge in [-0.3, -0.25) is 9.69 Å². The lowest BCUT2D eigenvalue weighted by Gasteiger charge is -2.39. The van der Waals surface area contributed by atoms with Crippen LogP contribution in [0.2, 0.25) is 0 Å². The molecule has 3 rings (SSSR count). The Morgan fingerprint density at radius 3 is 2.54 bits per heavy atom.